The summed E-state index contributed by atoms with van der Waals surface area (Å²) in [4.78, 5) is 26.5. The second kappa shape index (κ2) is 4.70. The van der Waals surface area contributed by atoms with Gasteiger partial charge in [-0.25, -0.2) is 4.79 Å². The Morgan fingerprint density at radius 1 is 1.65 bits per heavy atom. The van der Waals surface area contributed by atoms with Crippen LogP contribution in [0.5, 0.6) is 0 Å². The lowest BCUT2D eigenvalue weighted by Crippen LogP contribution is -2.25. The third-order valence-corrected chi connectivity index (χ3v) is 3.97. The molecule has 1 atom stereocenters. The molecule has 0 aliphatic carbocycles. The van der Waals surface area contributed by atoms with Gasteiger partial charge >= 0.3 is 5.97 Å². The molecule has 1 unspecified atom stereocenters. The molecule has 1 aromatic rings. The Kier molecular flexibility index (Phi) is 3.44. The topological polar surface area (TPSA) is 46.6 Å². The van der Waals surface area contributed by atoms with Gasteiger partial charge in [-0.1, -0.05) is 0 Å². The summed E-state index contributed by atoms with van der Waals surface area (Å²) >= 11 is 5.65. The number of carbonyl (C=O) groups is 2. The first-order chi connectivity index (χ1) is 8.02. The van der Waals surface area contributed by atoms with Crippen molar-refractivity contribution < 1.29 is 14.3 Å². The Labute approximate surface area is 109 Å². The van der Waals surface area contributed by atoms with Gasteiger partial charge in [-0.3, -0.25) is 4.79 Å². The molecule has 1 aliphatic rings. The lowest BCUT2D eigenvalue weighted by Gasteiger charge is -2.15. The van der Waals surface area contributed by atoms with Crippen LogP contribution in [0.4, 0.5) is 5.69 Å². The van der Waals surface area contributed by atoms with E-state index in [0.29, 0.717) is 23.5 Å². The van der Waals surface area contributed by atoms with Gasteiger partial charge in [0.25, 0.3) is 0 Å². The molecule has 4 nitrogen and oxygen atoms in total. The first-order valence-corrected chi connectivity index (χ1v) is 6.53. The van der Waals surface area contributed by atoms with E-state index in [1.165, 1.54) is 18.4 Å². The van der Waals surface area contributed by atoms with Gasteiger partial charge in [0.2, 0.25) is 5.91 Å². The zero-order chi connectivity index (χ0) is 12.6. The second-order valence-electron chi connectivity index (χ2n) is 3.93. The molecule has 17 heavy (non-hydrogen) atoms. The molecule has 1 saturated heterocycles. The van der Waals surface area contributed by atoms with Gasteiger partial charge < -0.3 is 9.64 Å². The summed E-state index contributed by atoms with van der Waals surface area (Å²) in [6.45, 7) is 2.45. The summed E-state index contributed by atoms with van der Waals surface area (Å²) in [6.07, 6.45) is 0.415. The van der Waals surface area contributed by atoms with Crippen molar-refractivity contribution in [2.45, 2.75) is 18.6 Å². The van der Waals surface area contributed by atoms with Crippen LogP contribution in [0.3, 0.4) is 0 Å². The van der Waals surface area contributed by atoms with Crippen molar-refractivity contribution in [1.29, 1.82) is 0 Å². The number of nitrogens with zero attached hydrogens (tertiary/aromatic N) is 1. The van der Waals surface area contributed by atoms with E-state index in [9.17, 15) is 9.59 Å². The Bertz CT molecular complexity index is 469. The number of ether oxygens (including phenoxy) is 1. The average Bonchev–Trinajstić information content (AvgIpc) is 2.80. The lowest BCUT2D eigenvalue weighted by molar-refractivity contribution is -0.117. The number of hydrogen-bond acceptors (Lipinski definition) is 5. The quantitative estimate of drug-likeness (QED) is 0.660. The number of aryl methyl sites for hydroxylation is 1. The normalized spacial score (nSPS) is 19.8. The van der Waals surface area contributed by atoms with Gasteiger partial charge in [-0.05, 0) is 13.0 Å². The number of thiol groups is 1. The molecular weight excluding hydrogens is 258 g/mol. The van der Waals surface area contributed by atoms with Crippen LogP contribution in [-0.4, -0.2) is 30.8 Å². The van der Waals surface area contributed by atoms with E-state index >= 15 is 0 Å². The van der Waals surface area contributed by atoms with Crippen molar-refractivity contribution in [2.24, 2.45) is 0 Å². The van der Waals surface area contributed by atoms with Crippen LogP contribution in [0.15, 0.2) is 6.07 Å². The van der Waals surface area contributed by atoms with Crippen LogP contribution in [0.1, 0.15) is 21.0 Å². The molecule has 0 spiro atoms. The molecule has 0 bridgehead atoms. The molecule has 2 rings (SSSR count). The Morgan fingerprint density at radius 2 is 2.35 bits per heavy atom. The van der Waals surface area contributed by atoms with Crippen LogP contribution >= 0.6 is 24.0 Å². The van der Waals surface area contributed by atoms with E-state index in [1.807, 2.05) is 13.0 Å². The summed E-state index contributed by atoms with van der Waals surface area (Å²) in [5.74, 6) is -0.388. The van der Waals surface area contributed by atoms with E-state index in [1.54, 1.807) is 4.90 Å². The van der Waals surface area contributed by atoms with Gasteiger partial charge in [0.05, 0.1) is 12.8 Å². The van der Waals surface area contributed by atoms with Gasteiger partial charge in [-0.2, -0.15) is 12.6 Å². The molecule has 1 aliphatic heterocycles. The molecule has 0 aromatic carbocycles. The maximum atomic E-state index is 11.8. The van der Waals surface area contributed by atoms with E-state index < -0.39 is 5.97 Å². The number of rotatable bonds is 2. The highest BCUT2D eigenvalue weighted by Crippen LogP contribution is 2.34. The molecule has 6 heteroatoms. The number of methoxy groups -OCH3 is 1. The van der Waals surface area contributed by atoms with Gasteiger partial charge in [0, 0.05) is 23.1 Å². The van der Waals surface area contributed by atoms with Crippen LogP contribution < -0.4 is 4.90 Å². The predicted molar refractivity (Wildman–Crippen MR) is 70.1 cm³/mol. The van der Waals surface area contributed by atoms with Gasteiger partial charge in [0.15, 0.2) is 0 Å². The minimum atomic E-state index is -0.395. The monoisotopic (exact) mass is 271 g/mol. The van der Waals surface area contributed by atoms with Crippen LogP contribution in [0, 0.1) is 6.92 Å². The first-order valence-electron chi connectivity index (χ1n) is 5.20. The van der Waals surface area contributed by atoms with E-state index in [0.717, 1.165) is 4.88 Å². The van der Waals surface area contributed by atoms with Crippen LogP contribution in [0.2, 0.25) is 0 Å². The summed E-state index contributed by atoms with van der Waals surface area (Å²) in [5.41, 5.74) is 0.654. The zero-order valence-corrected chi connectivity index (χ0v) is 11.3. The second-order valence-corrected chi connectivity index (χ2v) is 5.91. The molecule has 0 N–H and O–H groups in total. The molecule has 0 saturated carbocycles. The molecular formula is C11H13NO3S2. The van der Waals surface area contributed by atoms with Crippen LogP contribution in [-0.2, 0) is 9.53 Å². The van der Waals surface area contributed by atoms with Crippen molar-refractivity contribution in [2.75, 3.05) is 18.6 Å². The number of hydrogen-bond donors (Lipinski definition) is 1. The third-order valence-electron chi connectivity index (χ3n) is 2.60. The van der Waals surface area contributed by atoms with Crippen molar-refractivity contribution in [3.63, 3.8) is 0 Å². The number of anilines is 1. The van der Waals surface area contributed by atoms with Crippen molar-refractivity contribution in [3.05, 3.63) is 15.8 Å². The number of esters is 1. The van der Waals surface area contributed by atoms with E-state index in [4.69, 9.17) is 4.74 Å². The molecule has 1 amide bonds. The molecule has 2 heterocycles. The highest BCUT2D eigenvalue weighted by Gasteiger charge is 2.32. The van der Waals surface area contributed by atoms with Crippen molar-refractivity contribution in [1.82, 2.24) is 0 Å². The highest BCUT2D eigenvalue weighted by atomic mass is 32.1. The Balaban J connectivity index is 2.38. The summed E-state index contributed by atoms with van der Waals surface area (Å²) < 4.78 is 4.73. The number of carbonyl (C=O) groups excluding carboxylic acids is 2. The lowest BCUT2D eigenvalue weighted by atomic mass is 10.3. The fourth-order valence-corrected chi connectivity index (χ4v) is 3.11. The summed E-state index contributed by atoms with van der Waals surface area (Å²) in [7, 11) is 1.34. The number of thiophene rings is 1. The maximum Gasteiger partial charge on any atom is 0.350 e. The fraction of sp³-hybridized carbons (Fsp3) is 0.455. The number of amides is 1. The standard InChI is InChI=1S/C11H13NO3S2/c1-6-3-8(10(17-6)11(14)15-2)12-5-7(16)4-9(12)13/h3,7,16H,4-5H2,1-2H3. The first kappa shape index (κ1) is 12.4. The zero-order valence-electron chi connectivity index (χ0n) is 9.60. The summed E-state index contributed by atoms with van der Waals surface area (Å²) in [5, 5.41) is 0.0354. The van der Waals surface area contributed by atoms with Gasteiger partial charge in [0.1, 0.15) is 4.88 Å². The largest absolute Gasteiger partial charge is 0.465 e. The molecule has 0 radical (unpaired) electrons. The Hall–Kier alpha value is -1.01. The Morgan fingerprint density at radius 3 is 2.88 bits per heavy atom. The van der Waals surface area contributed by atoms with Gasteiger partial charge in [-0.15, -0.1) is 11.3 Å². The minimum Gasteiger partial charge on any atom is -0.465 e. The highest BCUT2D eigenvalue weighted by molar-refractivity contribution is 7.81. The average molecular weight is 271 g/mol. The van der Waals surface area contributed by atoms with E-state index in [-0.39, 0.29) is 11.2 Å². The molecule has 1 aromatic heterocycles. The SMILES string of the molecule is COC(=O)c1sc(C)cc1N1CC(S)CC1=O. The summed E-state index contributed by atoms with van der Waals surface area (Å²) in [6, 6.07) is 1.85. The van der Waals surface area contributed by atoms with E-state index in [2.05, 4.69) is 12.6 Å². The molecule has 92 valence electrons. The molecule has 1 fully saturated rings. The maximum absolute atomic E-state index is 11.8. The van der Waals surface area contributed by atoms with Crippen LogP contribution in [0.25, 0.3) is 0 Å². The minimum absolute atomic E-state index is 0.00736. The smallest absolute Gasteiger partial charge is 0.350 e. The predicted octanol–water partition coefficient (Wildman–Crippen LogP) is 1.88. The fourth-order valence-electron chi connectivity index (χ4n) is 1.86. The van der Waals surface area contributed by atoms with Crippen molar-refractivity contribution in [3.8, 4) is 0 Å². The third kappa shape index (κ3) is 2.32. The van der Waals surface area contributed by atoms with Crippen molar-refractivity contribution >= 4 is 41.5 Å².